The Morgan fingerprint density at radius 2 is 1.85 bits per heavy atom. The fraction of sp³-hybridized carbons (Fsp3) is 0.267. The Morgan fingerprint density at radius 3 is 2.40 bits per heavy atom. The molecule has 0 fully saturated rings. The van der Waals surface area contributed by atoms with Crippen LogP contribution in [0.5, 0.6) is 0 Å². The molecule has 0 saturated heterocycles. The van der Waals surface area contributed by atoms with Crippen molar-refractivity contribution in [2.45, 2.75) is 26.8 Å². The summed E-state index contributed by atoms with van der Waals surface area (Å²) in [5, 5.41) is 9.67. The second kappa shape index (κ2) is 5.69. The summed E-state index contributed by atoms with van der Waals surface area (Å²) in [5.41, 5.74) is 3.02. The molecule has 104 valence electrons. The van der Waals surface area contributed by atoms with E-state index in [9.17, 15) is 9.59 Å². The normalized spacial score (nSPS) is 11.9. The van der Waals surface area contributed by atoms with E-state index in [0.717, 1.165) is 17.0 Å². The number of carbonyl (C=O) groups excluding carboxylic acids is 2. The molecule has 0 aliphatic heterocycles. The summed E-state index contributed by atoms with van der Waals surface area (Å²) >= 11 is 0. The molecule has 2 aromatic rings. The van der Waals surface area contributed by atoms with E-state index in [1.807, 2.05) is 20.8 Å². The molecule has 2 N–H and O–H groups in total. The lowest BCUT2D eigenvalue weighted by Gasteiger charge is -2.14. The Bertz CT molecular complexity index is 612. The lowest BCUT2D eigenvalue weighted by Crippen LogP contribution is -2.33. The third-order valence-corrected chi connectivity index (χ3v) is 3.21. The van der Waals surface area contributed by atoms with Gasteiger partial charge in [0, 0.05) is 16.8 Å². The summed E-state index contributed by atoms with van der Waals surface area (Å²) in [5.74, 6) is -1.14. The van der Waals surface area contributed by atoms with Crippen LogP contribution in [0.2, 0.25) is 0 Å². The van der Waals surface area contributed by atoms with Crippen molar-refractivity contribution >= 4 is 11.7 Å². The molecule has 0 aliphatic carbocycles. The zero-order valence-electron chi connectivity index (χ0n) is 11.7. The van der Waals surface area contributed by atoms with Crippen LogP contribution >= 0.6 is 0 Å². The van der Waals surface area contributed by atoms with Gasteiger partial charge in [-0.05, 0) is 20.8 Å². The third-order valence-electron chi connectivity index (χ3n) is 3.21. The number of rotatable bonds is 4. The summed E-state index contributed by atoms with van der Waals surface area (Å²) in [6.07, 6.45) is 0. The molecule has 1 heterocycles. The molecule has 0 unspecified atom stereocenters. The van der Waals surface area contributed by atoms with Crippen molar-refractivity contribution in [1.29, 1.82) is 0 Å². The monoisotopic (exact) mass is 271 g/mol. The lowest BCUT2D eigenvalue weighted by atomic mass is 10.1. The molecular formula is C15H17N3O2. The average molecular weight is 271 g/mol. The molecular weight excluding hydrogens is 254 g/mol. The molecule has 1 amide bonds. The van der Waals surface area contributed by atoms with Gasteiger partial charge in [-0.2, -0.15) is 5.10 Å². The van der Waals surface area contributed by atoms with Crippen molar-refractivity contribution in [1.82, 2.24) is 15.5 Å². The van der Waals surface area contributed by atoms with Crippen LogP contribution < -0.4 is 5.32 Å². The maximum atomic E-state index is 12.0. The second-order valence-corrected chi connectivity index (χ2v) is 4.74. The van der Waals surface area contributed by atoms with E-state index in [0.29, 0.717) is 5.56 Å². The predicted octanol–water partition coefficient (Wildman–Crippen LogP) is 2.09. The summed E-state index contributed by atoms with van der Waals surface area (Å²) in [7, 11) is 0. The van der Waals surface area contributed by atoms with Crippen molar-refractivity contribution < 1.29 is 9.59 Å². The number of aromatic nitrogens is 2. The zero-order chi connectivity index (χ0) is 14.7. The van der Waals surface area contributed by atoms with Crippen LogP contribution in [0.4, 0.5) is 0 Å². The van der Waals surface area contributed by atoms with Crippen LogP contribution in [0.1, 0.15) is 40.3 Å². The first-order valence-electron chi connectivity index (χ1n) is 6.42. The summed E-state index contributed by atoms with van der Waals surface area (Å²) < 4.78 is 0. The smallest absolute Gasteiger partial charge is 0.292 e. The number of H-pyrrole nitrogens is 1. The molecule has 20 heavy (non-hydrogen) atoms. The number of nitrogens with zero attached hydrogens (tertiary/aromatic N) is 1. The number of hydrogen-bond donors (Lipinski definition) is 2. The molecule has 1 atom stereocenters. The Kier molecular flexibility index (Phi) is 3.98. The SMILES string of the molecule is Cc1n[nH]c(C)c1[C@@H](C)NC(=O)C(=O)c1ccccc1. The molecule has 0 bridgehead atoms. The largest absolute Gasteiger partial charge is 0.343 e. The van der Waals surface area contributed by atoms with Crippen molar-refractivity contribution in [3.8, 4) is 0 Å². The van der Waals surface area contributed by atoms with Gasteiger partial charge in [0.05, 0.1) is 11.7 Å². The Labute approximate surface area is 117 Å². The highest BCUT2D eigenvalue weighted by Gasteiger charge is 2.21. The zero-order valence-corrected chi connectivity index (χ0v) is 11.7. The number of carbonyl (C=O) groups is 2. The number of Topliss-reactive ketones (excluding diaryl/α,β-unsaturated/α-hetero) is 1. The van der Waals surface area contributed by atoms with Gasteiger partial charge >= 0.3 is 0 Å². The van der Waals surface area contributed by atoms with E-state index in [1.165, 1.54) is 0 Å². The molecule has 2 rings (SSSR count). The Hall–Kier alpha value is -2.43. The molecule has 5 heteroatoms. The van der Waals surface area contributed by atoms with Gasteiger partial charge in [0.15, 0.2) is 0 Å². The topological polar surface area (TPSA) is 74.8 Å². The van der Waals surface area contributed by atoms with E-state index >= 15 is 0 Å². The third kappa shape index (κ3) is 2.77. The van der Waals surface area contributed by atoms with Crippen LogP contribution in [-0.2, 0) is 4.79 Å². The maximum absolute atomic E-state index is 12.0. The molecule has 0 saturated carbocycles. The van der Waals surface area contributed by atoms with Gasteiger partial charge in [0.25, 0.3) is 5.91 Å². The molecule has 1 aromatic heterocycles. The van der Waals surface area contributed by atoms with Crippen molar-refractivity contribution in [3.63, 3.8) is 0 Å². The van der Waals surface area contributed by atoms with Gasteiger partial charge in [0.2, 0.25) is 5.78 Å². The number of aromatic amines is 1. The minimum atomic E-state index is -0.608. The molecule has 0 radical (unpaired) electrons. The molecule has 0 spiro atoms. The number of aryl methyl sites for hydroxylation is 2. The molecule has 1 aromatic carbocycles. The minimum absolute atomic E-state index is 0.270. The number of amides is 1. The number of benzene rings is 1. The molecule has 0 aliphatic rings. The maximum Gasteiger partial charge on any atom is 0.292 e. The minimum Gasteiger partial charge on any atom is -0.343 e. The van der Waals surface area contributed by atoms with Gasteiger partial charge in [-0.1, -0.05) is 30.3 Å². The Morgan fingerprint density at radius 1 is 1.20 bits per heavy atom. The highest BCUT2D eigenvalue weighted by atomic mass is 16.2. The van der Waals surface area contributed by atoms with Crippen molar-refractivity contribution in [2.75, 3.05) is 0 Å². The van der Waals surface area contributed by atoms with Crippen LogP contribution in [0.3, 0.4) is 0 Å². The van der Waals surface area contributed by atoms with E-state index in [1.54, 1.807) is 30.3 Å². The first-order chi connectivity index (χ1) is 9.50. The first kappa shape index (κ1) is 14.0. The molecule has 5 nitrogen and oxygen atoms in total. The van der Waals surface area contributed by atoms with Crippen LogP contribution in [0.25, 0.3) is 0 Å². The van der Waals surface area contributed by atoms with Crippen molar-refractivity contribution in [2.24, 2.45) is 0 Å². The van der Waals surface area contributed by atoms with E-state index in [4.69, 9.17) is 0 Å². The van der Waals surface area contributed by atoms with Gasteiger partial charge in [-0.25, -0.2) is 0 Å². The first-order valence-corrected chi connectivity index (χ1v) is 6.42. The highest BCUT2D eigenvalue weighted by molar-refractivity contribution is 6.42. The standard InChI is InChI=1S/C15H17N3O2/c1-9(13-10(2)17-18-11(13)3)16-15(20)14(19)12-7-5-4-6-8-12/h4-9H,1-3H3,(H,16,20)(H,17,18)/t9-/m1/s1. The number of hydrogen-bond acceptors (Lipinski definition) is 3. The quantitative estimate of drug-likeness (QED) is 0.660. The van der Waals surface area contributed by atoms with Crippen LogP contribution in [0.15, 0.2) is 30.3 Å². The van der Waals surface area contributed by atoms with Crippen LogP contribution in [0, 0.1) is 13.8 Å². The summed E-state index contributed by atoms with van der Waals surface area (Å²) in [6.45, 7) is 5.58. The lowest BCUT2D eigenvalue weighted by molar-refractivity contribution is -0.117. The predicted molar refractivity (Wildman–Crippen MR) is 75.4 cm³/mol. The van der Waals surface area contributed by atoms with E-state index < -0.39 is 11.7 Å². The van der Waals surface area contributed by atoms with E-state index in [-0.39, 0.29) is 6.04 Å². The van der Waals surface area contributed by atoms with Crippen molar-refractivity contribution in [3.05, 3.63) is 52.8 Å². The van der Waals surface area contributed by atoms with Gasteiger partial charge in [-0.3, -0.25) is 14.7 Å². The van der Waals surface area contributed by atoms with Gasteiger partial charge < -0.3 is 5.32 Å². The average Bonchev–Trinajstić information content (AvgIpc) is 2.78. The Balaban J connectivity index is 2.11. The number of nitrogens with one attached hydrogen (secondary N) is 2. The second-order valence-electron chi connectivity index (χ2n) is 4.74. The van der Waals surface area contributed by atoms with Gasteiger partial charge in [-0.15, -0.1) is 0 Å². The van der Waals surface area contributed by atoms with E-state index in [2.05, 4.69) is 15.5 Å². The highest BCUT2D eigenvalue weighted by Crippen LogP contribution is 2.18. The van der Waals surface area contributed by atoms with Gasteiger partial charge in [0.1, 0.15) is 0 Å². The summed E-state index contributed by atoms with van der Waals surface area (Å²) in [4.78, 5) is 24.0. The number of ketones is 1. The fourth-order valence-electron chi connectivity index (χ4n) is 2.25. The fourth-order valence-corrected chi connectivity index (χ4v) is 2.25. The van der Waals surface area contributed by atoms with Crippen LogP contribution in [-0.4, -0.2) is 21.9 Å². The summed E-state index contributed by atoms with van der Waals surface area (Å²) in [6, 6.07) is 8.24.